The van der Waals surface area contributed by atoms with Crippen LogP contribution in [0.15, 0.2) is 39.1 Å². The number of hydrogen-bond donors (Lipinski definition) is 1. The SMILES string of the molecule is COc1ccc(NS(=O)(=O)c2ccc(-c3cc(C(F)(F)F)on3)s2)c2c1C[C@@H](N(C)C)CC2. The second-order valence-electron chi connectivity index (χ2n) is 7.93. The highest BCUT2D eigenvalue weighted by Crippen LogP contribution is 2.39. The van der Waals surface area contributed by atoms with Crippen LogP contribution in [0, 0.1) is 0 Å². The number of aromatic nitrogens is 1. The highest BCUT2D eigenvalue weighted by molar-refractivity contribution is 7.94. The number of alkyl halides is 3. The maximum Gasteiger partial charge on any atom is 0.452 e. The number of benzene rings is 1. The number of nitrogens with zero attached hydrogens (tertiary/aromatic N) is 2. The minimum absolute atomic E-state index is 0.0411. The molecule has 0 bridgehead atoms. The quantitative estimate of drug-likeness (QED) is 0.529. The third-order valence-electron chi connectivity index (χ3n) is 5.64. The topological polar surface area (TPSA) is 84.7 Å². The van der Waals surface area contributed by atoms with E-state index in [-0.39, 0.29) is 14.8 Å². The number of thiophene rings is 1. The van der Waals surface area contributed by atoms with E-state index in [0.717, 1.165) is 41.4 Å². The maximum atomic E-state index is 13.1. The lowest BCUT2D eigenvalue weighted by atomic mass is 9.86. The Morgan fingerprint density at radius 2 is 1.97 bits per heavy atom. The Kier molecular flexibility index (Phi) is 6.18. The molecule has 3 aromatic rings. The molecule has 0 fully saturated rings. The summed E-state index contributed by atoms with van der Waals surface area (Å²) in [5.41, 5.74) is 2.25. The first-order chi connectivity index (χ1) is 15.5. The Balaban J connectivity index is 1.62. The molecular formula is C21H22F3N3O4S2. The Hall–Kier alpha value is -2.57. The highest BCUT2D eigenvalue weighted by Gasteiger charge is 2.36. The van der Waals surface area contributed by atoms with Crippen LogP contribution in [-0.2, 0) is 29.0 Å². The van der Waals surface area contributed by atoms with Gasteiger partial charge in [0.2, 0.25) is 5.76 Å². The number of nitrogens with one attached hydrogen (secondary N) is 1. The zero-order chi connectivity index (χ0) is 24.0. The predicted molar refractivity (Wildman–Crippen MR) is 118 cm³/mol. The first kappa shape index (κ1) is 23.6. The van der Waals surface area contributed by atoms with Crippen molar-refractivity contribution < 1.29 is 30.8 Å². The van der Waals surface area contributed by atoms with Gasteiger partial charge in [0.05, 0.1) is 17.7 Å². The van der Waals surface area contributed by atoms with Crippen molar-refractivity contribution in [2.24, 2.45) is 0 Å². The zero-order valence-corrected chi connectivity index (χ0v) is 19.7. The number of likely N-dealkylation sites (N-methyl/N-ethyl adjacent to an activating group) is 1. The van der Waals surface area contributed by atoms with E-state index in [1.807, 2.05) is 14.1 Å². The van der Waals surface area contributed by atoms with Crippen LogP contribution >= 0.6 is 11.3 Å². The number of halogens is 3. The van der Waals surface area contributed by atoms with E-state index in [1.54, 1.807) is 19.2 Å². The number of sulfonamides is 1. The normalized spacial score (nSPS) is 16.6. The van der Waals surface area contributed by atoms with Gasteiger partial charge in [0, 0.05) is 17.7 Å². The number of hydrogen-bond acceptors (Lipinski definition) is 7. The number of methoxy groups -OCH3 is 1. The summed E-state index contributed by atoms with van der Waals surface area (Å²) in [5.74, 6) is -0.529. The van der Waals surface area contributed by atoms with E-state index in [0.29, 0.717) is 23.9 Å². The van der Waals surface area contributed by atoms with Crippen molar-refractivity contribution >= 4 is 27.0 Å². The van der Waals surface area contributed by atoms with Crippen LogP contribution < -0.4 is 9.46 Å². The van der Waals surface area contributed by atoms with Gasteiger partial charge in [0.25, 0.3) is 10.0 Å². The monoisotopic (exact) mass is 501 g/mol. The fourth-order valence-corrected chi connectivity index (χ4v) is 6.23. The maximum absolute atomic E-state index is 13.1. The number of ether oxygens (including phenoxy) is 1. The van der Waals surface area contributed by atoms with Gasteiger partial charge in [-0.25, -0.2) is 8.42 Å². The molecule has 2 heterocycles. The van der Waals surface area contributed by atoms with Crippen LogP contribution in [0.5, 0.6) is 5.75 Å². The summed E-state index contributed by atoms with van der Waals surface area (Å²) in [6.45, 7) is 0. The van der Waals surface area contributed by atoms with Crippen molar-refractivity contribution in [2.75, 3.05) is 25.9 Å². The van der Waals surface area contributed by atoms with Gasteiger partial charge >= 0.3 is 6.18 Å². The van der Waals surface area contributed by atoms with Crippen LogP contribution in [0.3, 0.4) is 0 Å². The second-order valence-corrected chi connectivity index (χ2v) is 10.9. The van der Waals surface area contributed by atoms with Gasteiger partial charge in [-0.15, -0.1) is 11.3 Å². The zero-order valence-electron chi connectivity index (χ0n) is 18.1. The van der Waals surface area contributed by atoms with E-state index >= 15 is 0 Å². The van der Waals surface area contributed by atoms with E-state index in [9.17, 15) is 21.6 Å². The molecule has 1 N–H and O–H groups in total. The average Bonchev–Trinajstić information content (AvgIpc) is 3.43. The average molecular weight is 502 g/mol. The summed E-state index contributed by atoms with van der Waals surface area (Å²) >= 11 is 0.814. The predicted octanol–water partition coefficient (Wildman–Crippen LogP) is 4.65. The minimum atomic E-state index is -4.67. The molecule has 12 heteroatoms. The van der Waals surface area contributed by atoms with Crippen molar-refractivity contribution in [3.05, 3.63) is 47.2 Å². The van der Waals surface area contributed by atoms with Gasteiger partial charge in [0.1, 0.15) is 15.7 Å². The lowest BCUT2D eigenvalue weighted by Crippen LogP contribution is -2.34. The molecule has 0 spiro atoms. The van der Waals surface area contributed by atoms with Crippen molar-refractivity contribution in [1.82, 2.24) is 10.1 Å². The second kappa shape index (κ2) is 8.65. The molecule has 1 aliphatic carbocycles. The molecule has 7 nitrogen and oxygen atoms in total. The van der Waals surface area contributed by atoms with Crippen LogP contribution in [0.4, 0.5) is 18.9 Å². The van der Waals surface area contributed by atoms with E-state index in [2.05, 4.69) is 19.3 Å². The van der Waals surface area contributed by atoms with Gasteiger partial charge < -0.3 is 14.2 Å². The molecule has 1 atom stereocenters. The third-order valence-corrected chi connectivity index (χ3v) is 8.60. The van der Waals surface area contributed by atoms with Gasteiger partial charge in [-0.1, -0.05) is 5.16 Å². The summed E-state index contributed by atoms with van der Waals surface area (Å²) in [5, 5.41) is 3.41. The summed E-state index contributed by atoms with van der Waals surface area (Å²) in [6, 6.07) is 7.22. The van der Waals surface area contributed by atoms with Gasteiger partial charge in [-0.05, 0) is 63.2 Å². The highest BCUT2D eigenvalue weighted by atomic mass is 32.2. The summed E-state index contributed by atoms with van der Waals surface area (Å²) in [4.78, 5) is 2.39. The number of fused-ring (bicyclic) bond motifs is 1. The molecule has 0 amide bonds. The smallest absolute Gasteiger partial charge is 0.452 e. The fraction of sp³-hybridized carbons (Fsp3) is 0.381. The molecular weight excluding hydrogens is 479 g/mol. The summed E-state index contributed by atoms with van der Waals surface area (Å²) in [7, 11) is 1.63. The van der Waals surface area contributed by atoms with Crippen molar-refractivity contribution in [3.8, 4) is 16.3 Å². The Bertz CT molecular complexity index is 1270. The molecule has 2 aromatic heterocycles. The van der Waals surface area contributed by atoms with E-state index < -0.39 is 22.0 Å². The Morgan fingerprint density at radius 3 is 2.61 bits per heavy atom. The lowest BCUT2D eigenvalue weighted by Gasteiger charge is -2.32. The van der Waals surface area contributed by atoms with Crippen LogP contribution in [0.2, 0.25) is 0 Å². The molecule has 4 rings (SSSR count). The molecule has 33 heavy (non-hydrogen) atoms. The lowest BCUT2D eigenvalue weighted by molar-refractivity contribution is -0.155. The van der Waals surface area contributed by atoms with Gasteiger partial charge in [-0.2, -0.15) is 13.2 Å². The molecule has 0 unspecified atom stereocenters. The standard InChI is InChI=1S/C21H22F3N3O4S2/c1-27(2)12-4-5-13-14(10-12)17(30-3)7-6-15(13)26-33(28,29)20-9-8-18(32-20)16-11-19(31-25-16)21(22,23)24/h6-9,11-12,26H,4-5,10H2,1-3H3/t12-/m0/s1. The van der Waals surface area contributed by atoms with E-state index in [1.165, 1.54) is 12.1 Å². The molecule has 0 saturated carbocycles. The van der Waals surface area contributed by atoms with Crippen LogP contribution in [-0.4, -0.2) is 45.7 Å². The number of anilines is 1. The van der Waals surface area contributed by atoms with Crippen molar-refractivity contribution in [1.29, 1.82) is 0 Å². The Morgan fingerprint density at radius 1 is 1.21 bits per heavy atom. The molecule has 0 aliphatic heterocycles. The largest absolute Gasteiger partial charge is 0.496 e. The van der Waals surface area contributed by atoms with Crippen molar-refractivity contribution in [2.45, 2.75) is 35.7 Å². The van der Waals surface area contributed by atoms with Crippen molar-refractivity contribution in [3.63, 3.8) is 0 Å². The first-order valence-electron chi connectivity index (χ1n) is 10.0. The van der Waals surface area contributed by atoms with Gasteiger partial charge in [0.15, 0.2) is 0 Å². The van der Waals surface area contributed by atoms with Crippen LogP contribution in [0.25, 0.3) is 10.6 Å². The summed E-state index contributed by atoms with van der Waals surface area (Å²) in [6.07, 6.45) is -2.38. The van der Waals surface area contributed by atoms with Crippen LogP contribution in [0.1, 0.15) is 23.3 Å². The minimum Gasteiger partial charge on any atom is -0.496 e. The molecule has 0 radical (unpaired) electrons. The molecule has 178 valence electrons. The first-order valence-corrected chi connectivity index (χ1v) is 12.3. The third kappa shape index (κ3) is 4.73. The van der Waals surface area contributed by atoms with Gasteiger partial charge in [-0.3, -0.25) is 4.72 Å². The van der Waals surface area contributed by atoms with E-state index in [4.69, 9.17) is 4.74 Å². The summed E-state index contributed by atoms with van der Waals surface area (Å²) < 4.78 is 76.9. The molecule has 0 saturated heterocycles. The molecule has 1 aromatic carbocycles. The molecule has 1 aliphatic rings. The Labute approximate surface area is 193 Å². The number of rotatable bonds is 6. The fourth-order valence-electron chi connectivity index (χ4n) is 3.88.